The van der Waals surface area contributed by atoms with Gasteiger partial charge in [-0.25, -0.2) is 0 Å². The minimum Gasteiger partial charge on any atom is -0.0843 e. The summed E-state index contributed by atoms with van der Waals surface area (Å²) in [7, 11) is 0. The van der Waals surface area contributed by atoms with Crippen molar-refractivity contribution in [2.24, 2.45) is 0 Å². The lowest BCUT2D eigenvalue weighted by atomic mass is 9.85. The summed E-state index contributed by atoms with van der Waals surface area (Å²) in [4.78, 5) is 0. The lowest BCUT2D eigenvalue weighted by Gasteiger charge is -2.18. The summed E-state index contributed by atoms with van der Waals surface area (Å²) in [6.07, 6.45) is 6.88. The maximum absolute atomic E-state index is 2.36. The molecule has 0 aliphatic heterocycles. The van der Waals surface area contributed by atoms with E-state index in [0.29, 0.717) is 0 Å². The summed E-state index contributed by atoms with van der Waals surface area (Å²) in [5.41, 5.74) is 11.9. The van der Waals surface area contributed by atoms with Crippen LogP contribution in [0.3, 0.4) is 0 Å². The zero-order valence-electron chi connectivity index (χ0n) is 38.5. The Labute approximate surface area is 358 Å². The standard InChI is InChI=1S/C35H24.C16H22.4C2H6/c1-23-14-16-25(17-15-23)34-30-10-4-6-12-32(30)35(33-13-7-5-11-31(33)34)27-20-21-29-26(22-27)19-18-24-8-2-3-9-28(24)29;1-5-6-7-10-13(2)15(4)16-12-9-8-11-14(16)3;4*1-2/h2-22H,1H3;7-12H,5-6H2,1-4H3;4*1-2H3/b;10-7-,15-13+;;;;. The number of allylic oxidation sites excluding steroid dienone is 4. The third-order valence-electron chi connectivity index (χ3n) is 10.3. The first-order valence-corrected chi connectivity index (χ1v) is 22.3. The predicted octanol–water partition coefficient (Wildman–Crippen LogP) is 19.2. The molecule has 0 unspecified atom stereocenters. The first-order valence-electron chi connectivity index (χ1n) is 22.3. The van der Waals surface area contributed by atoms with Gasteiger partial charge in [0, 0.05) is 0 Å². The SMILES string of the molecule is CC.CC.CC.CC.CCC/C=C\C(C)=C(/C)c1ccccc1C.Cc1ccc(-c2c3ccccc3c(-c3ccc4c(ccc5ccccc54)c3)c3ccccc23)cc1. The topological polar surface area (TPSA) is 0 Å². The van der Waals surface area contributed by atoms with Crippen LogP contribution >= 0.6 is 0 Å². The average Bonchev–Trinajstić information content (AvgIpc) is 3.31. The molecule has 0 aromatic heterocycles. The van der Waals surface area contributed by atoms with Crippen LogP contribution in [0.4, 0.5) is 0 Å². The summed E-state index contributed by atoms with van der Waals surface area (Å²) < 4.78 is 0. The van der Waals surface area contributed by atoms with Gasteiger partial charge in [0.15, 0.2) is 0 Å². The quantitative estimate of drug-likeness (QED) is 0.0896. The van der Waals surface area contributed by atoms with Crippen LogP contribution in [0.2, 0.25) is 0 Å². The van der Waals surface area contributed by atoms with E-state index in [1.54, 1.807) is 0 Å². The number of aryl methyl sites for hydroxylation is 2. The Morgan fingerprint density at radius 2 is 0.881 bits per heavy atom. The molecular formula is C59H70. The number of fused-ring (bicyclic) bond motifs is 5. The van der Waals surface area contributed by atoms with Crippen molar-refractivity contribution in [3.8, 4) is 22.3 Å². The minimum absolute atomic E-state index is 1.17. The van der Waals surface area contributed by atoms with Crippen LogP contribution in [-0.4, -0.2) is 0 Å². The second kappa shape index (κ2) is 24.9. The van der Waals surface area contributed by atoms with Crippen molar-refractivity contribution in [3.05, 3.63) is 186 Å². The fourth-order valence-corrected chi connectivity index (χ4v) is 7.40. The third-order valence-corrected chi connectivity index (χ3v) is 10.3. The van der Waals surface area contributed by atoms with E-state index in [2.05, 4.69) is 198 Å². The molecule has 0 amide bonds. The number of unbranched alkanes of at least 4 members (excludes halogenated alkanes) is 1. The molecule has 0 radical (unpaired) electrons. The van der Waals surface area contributed by atoms with Crippen molar-refractivity contribution in [1.82, 2.24) is 0 Å². The number of hydrogen-bond acceptors (Lipinski definition) is 0. The highest BCUT2D eigenvalue weighted by atomic mass is 14.2. The average molecular weight is 779 g/mol. The molecule has 0 atom stereocenters. The highest BCUT2D eigenvalue weighted by Gasteiger charge is 2.16. The predicted molar refractivity (Wildman–Crippen MR) is 271 cm³/mol. The molecule has 0 spiro atoms. The van der Waals surface area contributed by atoms with E-state index in [9.17, 15) is 0 Å². The Hall–Kier alpha value is -5.72. The van der Waals surface area contributed by atoms with Gasteiger partial charge in [-0.15, -0.1) is 0 Å². The van der Waals surface area contributed by atoms with E-state index in [1.807, 2.05) is 55.4 Å². The van der Waals surface area contributed by atoms with Crippen molar-refractivity contribution in [1.29, 1.82) is 0 Å². The van der Waals surface area contributed by atoms with Crippen LogP contribution in [0.15, 0.2) is 169 Å². The highest BCUT2D eigenvalue weighted by molar-refractivity contribution is 6.22. The van der Waals surface area contributed by atoms with Gasteiger partial charge >= 0.3 is 0 Å². The number of benzene rings is 8. The maximum atomic E-state index is 2.36. The summed E-state index contributed by atoms with van der Waals surface area (Å²) in [6.45, 7) is 26.9. The molecule has 59 heavy (non-hydrogen) atoms. The molecule has 8 aromatic carbocycles. The van der Waals surface area contributed by atoms with Crippen molar-refractivity contribution in [3.63, 3.8) is 0 Å². The number of hydrogen-bond donors (Lipinski definition) is 0. The fourth-order valence-electron chi connectivity index (χ4n) is 7.40. The van der Waals surface area contributed by atoms with Gasteiger partial charge in [0.25, 0.3) is 0 Å². The first-order chi connectivity index (χ1) is 28.9. The summed E-state index contributed by atoms with van der Waals surface area (Å²) >= 11 is 0. The van der Waals surface area contributed by atoms with Gasteiger partial charge in [-0.3, -0.25) is 0 Å². The van der Waals surface area contributed by atoms with Crippen molar-refractivity contribution < 1.29 is 0 Å². The Kier molecular flexibility index (Phi) is 20.1. The van der Waals surface area contributed by atoms with Gasteiger partial charge in [-0.1, -0.05) is 232 Å². The largest absolute Gasteiger partial charge is 0.0843 e. The molecule has 0 aliphatic carbocycles. The minimum atomic E-state index is 1.17. The van der Waals surface area contributed by atoms with Gasteiger partial charge in [0.2, 0.25) is 0 Å². The van der Waals surface area contributed by atoms with Gasteiger partial charge in [-0.05, 0) is 128 Å². The zero-order chi connectivity index (χ0) is 43.3. The summed E-state index contributed by atoms with van der Waals surface area (Å²) in [5.74, 6) is 0. The van der Waals surface area contributed by atoms with Crippen molar-refractivity contribution >= 4 is 48.7 Å². The second-order valence-electron chi connectivity index (χ2n) is 13.7. The summed E-state index contributed by atoms with van der Waals surface area (Å²) in [6, 6.07) is 55.3. The van der Waals surface area contributed by atoms with Crippen LogP contribution in [0.1, 0.15) is 106 Å². The Morgan fingerprint density at radius 1 is 0.441 bits per heavy atom. The molecule has 0 heteroatoms. The molecule has 306 valence electrons. The molecule has 0 heterocycles. The fraction of sp³-hybridized carbons (Fsp3) is 0.254. The molecule has 0 bridgehead atoms. The van der Waals surface area contributed by atoms with Gasteiger partial charge in [0.05, 0.1) is 0 Å². The molecule has 0 fully saturated rings. The summed E-state index contributed by atoms with van der Waals surface area (Å²) in [5, 5.41) is 10.3. The smallest absolute Gasteiger partial charge is 0.00262 e. The monoisotopic (exact) mass is 779 g/mol. The normalized spacial score (nSPS) is 10.8. The molecule has 0 N–H and O–H groups in total. The van der Waals surface area contributed by atoms with E-state index in [4.69, 9.17) is 0 Å². The van der Waals surface area contributed by atoms with E-state index in [1.165, 1.54) is 106 Å². The van der Waals surface area contributed by atoms with Gasteiger partial charge in [-0.2, -0.15) is 0 Å². The molecule has 8 rings (SSSR count). The van der Waals surface area contributed by atoms with E-state index < -0.39 is 0 Å². The zero-order valence-corrected chi connectivity index (χ0v) is 38.5. The highest BCUT2D eigenvalue weighted by Crippen LogP contribution is 2.44. The van der Waals surface area contributed by atoms with E-state index >= 15 is 0 Å². The Bertz CT molecular complexity index is 2500. The van der Waals surface area contributed by atoms with E-state index in [-0.39, 0.29) is 0 Å². The van der Waals surface area contributed by atoms with Crippen LogP contribution in [0.5, 0.6) is 0 Å². The van der Waals surface area contributed by atoms with Crippen LogP contribution in [-0.2, 0) is 0 Å². The number of rotatable bonds is 6. The Balaban J connectivity index is 0.000000328. The molecule has 0 nitrogen and oxygen atoms in total. The van der Waals surface area contributed by atoms with E-state index in [0.717, 1.165) is 0 Å². The van der Waals surface area contributed by atoms with Gasteiger partial charge < -0.3 is 0 Å². The molecule has 0 saturated heterocycles. The van der Waals surface area contributed by atoms with Crippen LogP contribution < -0.4 is 0 Å². The van der Waals surface area contributed by atoms with Crippen LogP contribution in [0, 0.1) is 13.8 Å². The lowest BCUT2D eigenvalue weighted by molar-refractivity contribution is 0.957. The maximum Gasteiger partial charge on any atom is -0.00262 e. The molecular weight excluding hydrogens is 709 g/mol. The van der Waals surface area contributed by atoms with Gasteiger partial charge in [0.1, 0.15) is 0 Å². The lowest BCUT2D eigenvalue weighted by Crippen LogP contribution is -1.91. The first kappa shape index (κ1) is 47.7. The van der Waals surface area contributed by atoms with Crippen LogP contribution in [0.25, 0.3) is 70.9 Å². The third kappa shape index (κ3) is 11.5. The molecule has 8 aromatic rings. The Morgan fingerprint density at radius 3 is 1.42 bits per heavy atom. The van der Waals surface area contributed by atoms with Crippen molar-refractivity contribution in [2.45, 2.75) is 103 Å². The van der Waals surface area contributed by atoms with Crippen molar-refractivity contribution in [2.75, 3.05) is 0 Å². The molecule has 0 saturated carbocycles. The molecule has 0 aliphatic rings. The second-order valence-corrected chi connectivity index (χ2v) is 13.7.